The average Bonchev–Trinajstić information content (AvgIpc) is 3.59. The van der Waals surface area contributed by atoms with Crippen LogP contribution in [0.2, 0.25) is 0 Å². The second-order valence-electron chi connectivity index (χ2n) is 13.6. The third-order valence-corrected chi connectivity index (χ3v) is 9.64. The zero-order valence-electron chi connectivity index (χ0n) is 28.4. The lowest BCUT2D eigenvalue weighted by Crippen LogP contribution is -2.52. The summed E-state index contributed by atoms with van der Waals surface area (Å²) in [6, 6.07) is 7.32. The van der Waals surface area contributed by atoms with Crippen LogP contribution in [0.1, 0.15) is 75.9 Å². The first-order valence-corrected chi connectivity index (χ1v) is 16.0. The molecule has 2 aliphatic rings. The Balaban J connectivity index is 1.65. The fourth-order valence-corrected chi connectivity index (χ4v) is 7.28. The third-order valence-electron chi connectivity index (χ3n) is 9.64. The molecule has 2 saturated heterocycles. The van der Waals surface area contributed by atoms with Gasteiger partial charge in [0.1, 0.15) is 11.4 Å². The van der Waals surface area contributed by atoms with Crippen molar-refractivity contribution < 1.29 is 29.0 Å². The van der Waals surface area contributed by atoms with E-state index in [1.807, 2.05) is 50.9 Å². The van der Waals surface area contributed by atoms with E-state index in [4.69, 9.17) is 10.5 Å². The van der Waals surface area contributed by atoms with E-state index in [9.17, 15) is 24.3 Å². The number of hydrogen-bond donors (Lipinski definition) is 3. The number of likely N-dealkylation sites (N-methyl/N-ethyl adjacent to an activating group) is 1. The molecule has 5 rings (SSSR count). The molecule has 12 heteroatoms. The lowest BCUT2D eigenvalue weighted by atomic mass is 9.77. The molecule has 3 aromatic rings. The first kappa shape index (κ1) is 33.9. The van der Waals surface area contributed by atoms with Crippen LogP contribution >= 0.6 is 0 Å². The summed E-state index contributed by atoms with van der Waals surface area (Å²) in [7, 11) is 6.56. The molecule has 3 amide bonds. The second-order valence-corrected chi connectivity index (χ2v) is 13.6. The van der Waals surface area contributed by atoms with Crippen LogP contribution < -0.4 is 15.8 Å². The summed E-state index contributed by atoms with van der Waals surface area (Å²) in [5, 5.41) is 14.0. The number of aromatic carboxylic acids is 1. The summed E-state index contributed by atoms with van der Waals surface area (Å²) in [6.07, 6.45) is 1.94. The van der Waals surface area contributed by atoms with Crippen molar-refractivity contribution in [2.45, 2.75) is 51.6 Å². The predicted octanol–water partition coefficient (Wildman–Crippen LogP) is 3.05. The Kier molecular flexibility index (Phi) is 9.38. The standard InChI is InChI=1S/C35H46N6O6/c1-35(2,3)23-18-22(31(36)42)30(47-7)27(32(43)37-4)26(23)25-21-11-8-10-20(28(21)39(6)29(25)34(45)46)19-40-14-16-41(17-15-40)33(44)24-12-9-13-38(24)5/h8,10-11,18,24H,9,12-17,19H2,1-7H3,(H2,36,42)(H,37,43)(H,45,46). The minimum atomic E-state index is -1.16. The molecule has 1 unspecified atom stereocenters. The fraction of sp³-hybridized carbons (Fsp3) is 0.486. The summed E-state index contributed by atoms with van der Waals surface area (Å²) in [5.74, 6) is -2.27. The van der Waals surface area contributed by atoms with E-state index in [-0.39, 0.29) is 34.5 Å². The van der Waals surface area contributed by atoms with E-state index < -0.39 is 23.2 Å². The molecule has 0 aliphatic carbocycles. The van der Waals surface area contributed by atoms with Crippen LogP contribution in [0.15, 0.2) is 24.3 Å². The van der Waals surface area contributed by atoms with E-state index in [1.165, 1.54) is 14.2 Å². The average molecular weight is 647 g/mol. The first-order chi connectivity index (χ1) is 22.2. The van der Waals surface area contributed by atoms with Crippen molar-refractivity contribution in [1.29, 1.82) is 0 Å². The van der Waals surface area contributed by atoms with Crippen molar-refractivity contribution >= 4 is 34.6 Å². The summed E-state index contributed by atoms with van der Waals surface area (Å²) >= 11 is 0. The number of nitrogens with zero attached hydrogens (tertiary/aromatic N) is 4. The molecule has 252 valence electrons. The van der Waals surface area contributed by atoms with Crippen LogP contribution in [0.4, 0.5) is 0 Å². The van der Waals surface area contributed by atoms with Crippen molar-refractivity contribution in [3.63, 3.8) is 0 Å². The Bertz CT molecular complexity index is 1750. The Morgan fingerprint density at radius 3 is 2.26 bits per heavy atom. The summed E-state index contributed by atoms with van der Waals surface area (Å²) < 4.78 is 7.32. The lowest BCUT2D eigenvalue weighted by molar-refractivity contribution is -0.137. The molecule has 47 heavy (non-hydrogen) atoms. The van der Waals surface area contributed by atoms with Gasteiger partial charge in [-0.3, -0.25) is 24.2 Å². The van der Waals surface area contributed by atoms with Gasteiger partial charge in [-0.25, -0.2) is 4.79 Å². The van der Waals surface area contributed by atoms with Crippen molar-refractivity contribution in [2.24, 2.45) is 12.8 Å². The highest BCUT2D eigenvalue weighted by molar-refractivity contribution is 6.16. The molecule has 0 saturated carbocycles. The van der Waals surface area contributed by atoms with Gasteiger partial charge in [-0.2, -0.15) is 0 Å². The fourth-order valence-electron chi connectivity index (χ4n) is 7.28. The number of benzene rings is 2. The number of carboxylic acid groups (broad SMARTS) is 1. The van der Waals surface area contributed by atoms with Gasteiger partial charge in [0, 0.05) is 63.3 Å². The van der Waals surface area contributed by atoms with Crippen LogP contribution in [0.3, 0.4) is 0 Å². The number of carboxylic acids is 1. The van der Waals surface area contributed by atoms with Crippen LogP contribution in [0.25, 0.3) is 22.0 Å². The molecule has 12 nitrogen and oxygen atoms in total. The number of ether oxygens (including phenoxy) is 1. The molecule has 2 aromatic carbocycles. The molecule has 3 heterocycles. The minimum absolute atomic E-state index is 0.00748. The van der Waals surface area contributed by atoms with E-state index in [0.717, 1.165) is 30.5 Å². The van der Waals surface area contributed by atoms with Crippen LogP contribution in [-0.2, 0) is 23.8 Å². The highest BCUT2D eigenvalue weighted by Gasteiger charge is 2.36. The summed E-state index contributed by atoms with van der Waals surface area (Å²) in [4.78, 5) is 58.9. The van der Waals surface area contributed by atoms with Crippen LogP contribution in [-0.4, -0.2) is 108 Å². The Labute approximate surface area is 275 Å². The largest absolute Gasteiger partial charge is 0.495 e. The van der Waals surface area contributed by atoms with Crippen molar-refractivity contribution in [1.82, 2.24) is 24.6 Å². The maximum Gasteiger partial charge on any atom is 0.353 e. The molecule has 1 aromatic heterocycles. The SMILES string of the molecule is CNC(=O)c1c(OC)c(C(N)=O)cc(C(C)(C)C)c1-c1c(C(=O)O)n(C)c2c(CN3CCN(C(=O)C4CCCN4C)CC3)cccc12. The van der Waals surface area contributed by atoms with Gasteiger partial charge in [-0.05, 0) is 49.0 Å². The number of para-hydroxylation sites is 1. The van der Waals surface area contributed by atoms with E-state index in [1.54, 1.807) is 17.7 Å². The van der Waals surface area contributed by atoms with Crippen molar-refractivity contribution in [2.75, 3.05) is 53.9 Å². The van der Waals surface area contributed by atoms with Gasteiger partial charge in [0.25, 0.3) is 11.8 Å². The normalized spacial score (nSPS) is 17.7. The van der Waals surface area contributed by atoms with Gasteiger partial charge < -0.3 is 30.4 Å². The van der Waals surface area contributed by atoms with E-state index in [2.05, 4.69) is 15.1 Å². The minimum Gasteiger partial charge on any atom is -0.495 e. The van der Waals surface area contributed by atoms with Gasteiger partial charge in [0.05, 0.1) is 29.8 Å². The van der Waals surface area contributed by atoms with Gasteiger partial charge in [0.2, 0.25) is 5.91 Å². The van der Waals surface area contributed by atoms with Crippen LogP contribution in [0.5, 0.6) is 5.75 Å². The molecule has 4 N–H and O–H groups in total. The molecular weight excluding hydrogens is 600 g/mol. The number of piperazine rings is 1. The highest BCUT2D eigenvalue weighted by atomic mass is 16.5. The van der Waals surface area contributed by atoms with Crippen LogP contribution in [0, 0.1) is 0 Å². The van der Waals surface area contributed by atoms with E-state index in [0.29, 0.717) is 54.8 Å². The molecule has 0 radical (unpaired) electrons. The Hall–Kier alpha value is -4.42. The van der Waals surface area contributed by atoms with E-state index >= 15 is 0 Å². The second kappa shape index (κ2) is 13.0. The number of carbonyl (C=O) groups excluding carboxylic acids is 3. The molecular formula is C35H46N6O6. The Morgan fingerprint density at radius 1 is 1.04 bits per heavy atom. The number of primary amides is 1. The maximum atomic E-state index is 13.6. The molecule has 0 bridgehead atoms. The monoisotopic (exact) mass is 646 g/mol. The summed E-state index contributed by atoms with van der Waals surface area (Å²) in [5.41, 5.74) is 8.21. The first-order valence-electron chi connectivity index (χ1n) is 16.0. The third kappa shape index (κ3) is 6.07. The van der Waals surface area contributed by atoms with Gasteiger partial charge in [0.15, 0.2) is 0 Å². The van der Waals surface area contributed by atoms with Crippen molar-refractivity contribution in [3.8, 4) is 16.9 Å². The number of carbonyl (C=O) groups is 4. The number of aromatic nitrogens is 1. The smallest absolute Gasteiger partial charge is 0.353 e. The molecule has 2 aliphatic heterocycles. The molecule has 0 spiro atoms. The molecule has 2 fully saturated rings. The highest BCUT2D eigenvalue weighted by Crippen LogP contribution is 2.47. The maximum absolute atomic E-state index is 13.6. The number of methoxy groups -OCH3 is 1. The zero-order chi connectivity index (χ0) is 34.4. The number of aryl methyl sites for hydroxylation is 1. The quantitative estimate of drug-likeness (QED) is 0.338. The molecule has 1 atom stereocenters. The predicted molar refractivity (Wildman–Crippen MR) is 180 cm³/mol. The zero-order valence-corrected chi connectivity index (χ0v) is 28.4. The van der Waals surface area contributed by atoms with Crippen molar-refractivity contribution in [3.05, 3.63) is 52.2 Å². The number of rotatable bonds is 8. The lowest BCUT2D eigenvalue weighted by Gasteiger charge is -2.37. The van der Waals surface area contributed by atoms with Gasteiger partial charge in [-0.15, -0.1) is 0 Å². The number of likely N-dealkylation sites (tertiary alicyclic amines) is 1. The number of fused-ring (bicyclic) bond motifs is 1. The van der Waals surface area contributed by atoms with Gasteiger partial charge >= 0.3 is 5.97 Å². The topological polar surface area (TPSA) is 150 Å². The number of nitrogens with two attached hydrogens (primary N) is 1. The van der Waals surface area contributed by atoms with Gasteiger partial charge in [-0.1, -0.05) is 39.0 Å². The number of amides is 3. The Morgan fingerprint density at radius 2 is 1.72 bits per heavy atom. The number of nitrogens with one attached hydrogen (secondary N) is 1. The number of hydrogen-bond acceptors (Lipinski definition) is 7. The summed E-state index contributed by atoms with van der Waals surface area (Å²) in [6.45, 7) is 9.96.